The van der Waals surface area contributed by atoms with E-state index in [1.165, 1.54) is 7.11 Å². The number of nitrogens with zero attached hydrogens (tertiary/aromatic N) is 1. The van der Waals surface area contributed by atoms with Gasteiger partial charge in [-0.05, 0) is 17.2 Å². The van der Waals surface area contributed by atoms with Gasteiger partial charge in [-0.15, -0.1) is 0 Å². The van der Waals surface area contributed by atoms with E-state index < -0.39 is 5.97 Å². The van der Waals surface area contributed by atoms with Crippen LogP contribution in [0, 0.1) is 5.92 Å². The van der Waals surface area contributed by atoms with Gasteiger partial charge in [0.2, 0.25) is 0 Å². The van der Waals surface area contributed by atoms with E-state index in [2.05, 4.69) is 5.32 Å². The number of methoxy groups -OCH3 is 1. The van der Waals surface area contributed by atoms with Crippen molar-refractivity contribution in [3.05, 3.63) is 34.4 Å². The molecule has 3 N–H and O–H groups in total. The minimum absolute atomic E-state index is 0.0356. The average molecular weight is 291 g/mol. The van der Waals surface area contributed by atoms with E-state index in [4.69, 9.17) is 4.74 Å². The van der Waals surface area contributed by atoms with E-state index >= 15 is 0 Å². The van der Waals surface area contributed by atoms with Gasteiger partial charge in [0.15, 0.2) is 0 Å². The van der Waals surface area contributed by atoms with Crippen LogP contribution in [0.2, 0.25) is 0 Å². The zero-order valence-electron chi connectivity index (χ0n) is 12.0. The van der Waals surface area contributed by atoms with Crippen LogP contribution in [0.3, 0.4) is 0 Å². The molecule has 0 radical (unpaired) electrons. The van der Waals surface area contributed by atoms with Crippen molar-refractivity contribution in [3.63, 3.8) is 0 Å². The molecule has 21 heavy (non-hydrogen) atoms. The van der Waals surface area contributed by atoms with Crippen molar-refractivity contribution in [3.8, 4) is 0 Å². The molecule has 3 rings (SSSR count). The van der Waals surface area contributed by atoms with Crippen LogP contribution >= 0.6 is 0 Å². The normalized spacial score (nSPS) is 17.6. The van der Waals surface area contributed by atoms with E-state index in [1.807, 2.05) is 4.90 Å². The summed E-state index contributed by atoms with van der Waals surface area (Å²) in [6, 6.07) is 3.30. The number of aliphatic hydroxyl groups excluding tert-OH is 1. The number of benzene rings is 1. The molecular weight excluding hydrogens is 272 g/mol. The van der Waals surface area contributed by atoms with Crippen LogP contribution in [0.5, 0.6) is 0 Å². The summed E-state index contributed by atoms with van der Waals surface area (Å²) in [4.78, 5) is 26.0. The summed E-state index contributed by atoms with van der Waals surface area (Å²) in [5.74, 6) is -0.00566. The molecule has 1 aromatic rings. The highest BCUT2D eigenvalue weighted by molar-refractivity contribution is 6.01. The molecule has 0 aromatic heterocycles. The van der Waals surface area contributed by atoms with Gasteiger partial charge in [0.25, 0.3) is 5.91 Å². The monoisotopic (exact) mass is 291 g/mol. The summed E-state index contributed by atoms with van der Waals surface area (Å²) in [5, 5.41) is 11.6. The summed E-state index contributed by atoms with van der Waals surface area (Å²) in [6.07, 6.45) is 0. The van der Waals surface area contributed by atoms with E-state index in [0.717, 1.165) is 25.2 Å². The van der Waals surface area contributed by atoms with Crippen molar-refractivity contribution < 1.29 is 24.7 Å². The molecule has 0 bridgehead atoms. The highest BCUT2D eigenvalue weighted by Gasteiger charge is 2.33. The lowest BCUT2D eigenvalue weighted by molar-refractivity contribution is -0.722. The molecule has 2 heterocycles. The van der Waals surface area contributed by atoms with Crippen molar-refractivity contribution in [2.75, 3.05) is 26.7 Å². The first-order valence-electron chi connectivity index (χ1n) is 7.10. The summed E-state index contributed by atoms with van der Waals surface area (Å²) in [6.45, 7) is 3.19. The minimum Gasteiger partial charge on any atom is -0.465 e. The van der Waals surface area contributed by atoms with Crippen LogP contribution in [0.25, 0.3) is 0 Å². The molecule has 1 saturated heterocycles. The van der Waals surface area contributed by atoms with E-state index in [-0.39, 0.29) is 18.1 Å². The molecule has 0 unspecified atom stereocenters. The fourth-order valence-electron chi connectivity index (χ4n) is 2.91. The van der Waals surface area contributed by atoms with Crippen molar-refractivity contribution >= 4 is 11.9 Å². The number of hydrogen-bond donors (Lipinski definition) is 2. The number of aliphatic hydroxyl groups is 1. The predicted molar refractivity (Wildman–Crippen MR) is 73.6 cm³/mol. The lowest BCUT2D eigenvalue weighted by Crippen LogP contribution is -2.97. The lowest BCUT2D eigenvalue weighted by Gasteiger charge is -2.27. The second-order valence-electron chi connectivity index (χ2n) is 5.63. The Hall–Kier alpha value is -1.92. The minimum atomic E-state index is -0.526. The Morgan fingerprint density at radius 1 is 1.48 bits per heavy atom. The number of fused-ring (bicyclic) bond motifs is 1. The number of amides is 1. The Kier molecular flexibility index (Phi) is 3.65. The maximum Gasteiger partial charge on any atom is 0.338 e. The maximum absolute atomic E-state index is 12.4. The second kappa shape index (κ2) is 5.46. The van der Waals surface area contributed by atoms with Gasteiger partial charge in [-0.25, -0.2) is 4.79 Å². The third-order valence-electron chi connectivity index (χ3n) is 4.26. The van der Waals surface area contributed by atoms with Crippen molar-refractivity contribution in [1.29, 1.82) is 0 Å². The number of ether oxygens (including phenoxy) is 1. The van der Waals surface area contributed by atoms with E-state index in [9.17, 15) is 14.7 Å². The molecule has 6 nitrogen and oxygen atoms in total. The fraction of sp³-hybridized carbons (Fsp3) is 0.467. The molecule has 112 valence electrons. The van der Waals surface area contributed by atoms with Gasteiger partial charge >= 0.3 is 5.97 Å². The summed E-state index contributed by atoms with van der Waals surface area (Å²) in [7, 11) is 1.29. The molecule has 2 aliphatic heterocycles. The Bertz CT molecular complexity index is 596. The van der Waals surface area contributed by atoms with Gasteiger partial charge in [0.05, 0.1) is 38.3 Å². The van der Waals surface area contributed by atoms with Crippen LogP contribution in [-0.2, 0) is 17.9 Å². The number of carbonyl (C=O) groups is 2. The van der Waals surface area contributed by atoms with Crippen LogP contribution in [-0.4, -0.2) is 48.6 Å². The van der Waals surface area contributed by atoms with Crippen molar-refractivity contribution in [1.82, 2.24) is 4.90 Å². The van der Waals surface area contributed by atoms with E-state index in [0.29, 0.717) is 23.6 Å². The topological polar surface area (TPSA) is 83.4 Å². The van der Waals surface area contributed by atoms with E-state index in [1.54, 1.807) is 12.1 Å². The smallest absolute Gasteiger partial charge is 0.338 e. The van der Waals surface area contributed by atoms with Crippen LogP contribution in [0.4, 0.5) is 0 Å². The summed E-state index contributed by atoms with van der Waals surface area (Å²) >= 11 is 0. The third kappa shape index (κ3) is 2.41. The quantitative estimate of drug-likeness (QED) is 0.705. The Morgan fingerprint density at radius 2 is 2.24 bits per heavy atom. The Labute approximate surface area is 122 Å². The molecule has 0 aliphatic carbocycles. The predicted octanol–water partition coefficient (Wildman–Crippen LogP) is -0.885. The van der Waals surface area contributed by atoms with Gasteiger partial charge in [0, 0.05) is 18.7 Å². The van der Waals surface area contributed by atoms with Crippen LogP contribution < -0.4 is 5.32 Å². The number of nitrogens with two attached hydrogens (primary N) is 1. The Morgan fingerprint density at radius 3 is 2.81 bits per heavy atom. The van der Waals surface area contributed by atoms with Crippen molar-refractivity contribution in [2.24, 2.45) is 5.92 Å². The highest BCUT2D eigenvalue weighted by atomic mass is 16.5. The fourth-order valence-corrected chi connectivity index (χ4v) is 2.91. The SMILES string of the molecule is COC(=O)c1cc2c(cc1CO)CN(CC1C[NH2+]C1)C2=O. The third-order valence-corrected chi connectivity index (χ3v) is 4.26. The molecule has 1 fully saturated rings. The van der Waals surface area contributed by atoms with Gasteiger partial charge in [-0.2, -0.15) is 0 Å². The maximum atomic E-state index is 12.4. The first kappa shape index (κ1) is 14.0. The zero-order valence-corrected chi connectivity index (χ0v) is 12.0. The zero-order chi connectivity index (χ0) is 15.0. The number of quaternary nitrogens is 1. The number of carbonyl (C=O) groups excluding carboxylic acids is 2. The summed E-state index contributed by atoms with van der Waals surface area (Å²) in [5.41, 5.74) is 2.20. The molecular formula is C15H19N2O4+. The molecule has 1 aromatic carbocycles. The second-order valence-corrected chi connectivity index (χ2v) is 5.63. The van der Waals surface area contributed by atoms with Gasteiger partial charge < -0.3 is 20.1 Å². The average Bonchev–Trinajstić information content (AvgIpc) is 2.76. The van der Waals surface area contributed by atoms with Gasteiger partial charge in [-0.1, -0.05) is 6.07 Å². The Balaban J connectivity index is 1.89. The summed E-state index contributed by atoms with van der Waals surface area (Å²) < 4.78 is 4.71. The molecule has 2 aliphatic rings. The molecule has 0 spiro atoms. The highest BCUT2D eigenvalue weighted by Crippen LogP contribution is 2.27. The van der Waals surface area contributed by atoms with Crippen LogP contribution in [0.15, 0.2) is 12.1 Å². The van der Waals surface area contributed by atoms with Crippen LogP contribution in [0.1, 0.15) is 31.8 Å². The first-order chi connectivity index (χ1) is 10.1. The number of esters is 1. The van der Waals surface area contributed by atoms with Gasteiger partial charge in [-0.3, -0.25) is 4.79 Å². The molecule has 1 amide bonds. The largest absolute Gasteiger partial charge is 0.465 e. The number of hydrogen-bond acceptors (Lipinski definition) is 4. The van der Waals surface area contributed by atoms with Gasteiger partial charge in [0.1, 0.15) is 0 Å². The number of rotatable bonds is 4. The molecule has 0 saturated carbocycles. The first-order valence-corrected chi connectivity index (χ1v) is 7.10. The molecule has 6 heteroatoms. The standard InChI is InChI=1S/C15H18N2O4/c1-21-15(20)13-3-12-10(2-11(13)8-18)7-17(14(12)19)6-9-4-16-5-9/h2-3,9,16,18H,4-8H2,1H3/p+1. The lowest BCUT2D eigenvalue weighted by atomic mass is 10.00. The van der Waals surface area contributed by atoms with Crippen molar-refractivity contribution in [2.45, 2.75) is 13.2 Å². The molecule has 0 atom stereocenters.